The number of rotatable bonds is 5. The topological polar surface area (TPSA) is 64.3 Å². The van der Waals surface area contributed by atoms with Crippen LogP contribution < -0.4 is 15.8 Å². The Labute approximate surface area is 120 Å². The molecule has 1 aromatic carbocycles. The van der Waals surface area contributed by atoms with E-state index in [1.165, 1.54) is 5.56 Å². The van der Waals surface area contributed by atoms with Crippen molar-refractivity contribution in [2.45, 2.75) is 38.3 Å². The molecule has 0 fully saturated rings. The fraction of sp³-hybridized carbons (Fsp3) is 0.438. The molecule has 0 spiro atoms. The summed E-state index contributed by atoms with van der Waals surface area (Å²) in [6, 6.07) is 6.01. The Morgan fingerprint density at radius 2 is 2.45 bits per heavy atom. The normalized spacial score (nSPS) is 18.8. The minimum Gasteiger partial charge on any atom is -0.481 e. The lowest BCUT2D eigenvalue weighted by Crippen LogP contribution is -2.36. The van der Waals surface area contributed by atoms with Gasteiger partial charge in [0.05, 0.1) is 0 Å². The largest absolute Gasteiger partial charge is 0.481 e. The molecule has 4 heteroatoms. The number of aryl methyl sites for hydroxylation is 1. The molecule has 0 saturated carbocycles. The highest BCUT2D eigenvalue weighted by Crippen LogP contribution is 2.31. The van der Waals surface area contributed by atoms with Crippen LogP contribution >= 0.6 is 0 Å². The zero-order valence-electron chi connectivity index (χ0n) is 11.9. The van der Waals surface area contributed by atoms with Gasteiger partial charge in [0, 0.05) is 12.6 Å². The van der Waals surface area contributed by atoms with Crippen molar-refractivity contribution in [1.29, 1.82) is 0 Å². The van der Waals surface area contributed by atoms with Crippen LogP contribution in [0.15, 0.2) is 30.9 Å². The summed E-state index contributed by atoms with van der Waals surface area (Å²) in [5, 5.41) is 2.72. The number of benzene rings is 1. The molecule has 0 heterocycles. The summed E-state index contributed by atoms with van der Waals surface area (Å²) in [5.74, 6) is 0.550. The maximum absolute atomic E-state index is 11.8. The zero-order chi connectivity index (χ0) is 14.5. The molecule has 20 heavy (non-hydrogen) atoms. The number of amides is 1. The van der Waals surface area contributed by atoms with E-state index in [2.05, 4.69) is 18.0 Å². The quantitative estimate of drug-likeness (QED) is 0.808. The molecule has 0 radical (unpaired) electrons. The van der Waals surface area contributed by atoms with Crippen LogP contribution in [-0.2, 0) is 11.2 Å². The molecular weight excluding hydrogens is 252 g/mol. The number of hydrogen-bond donors (Lipinski definition) is 2. The van der Waals surface area contributed by atoms with Crippen molar-refractivity contribution >= 4 is 5.91 Å². The van der Waals surface area contributed by atoms with E-state index in [0.29, 0.717) is 12.3 Å². The molecule has 1 aliphatic carbocycles. The van der Waals surface area contributed by atoms with Crippen molar-refractivity contribution in [3.05, 3.63) is 42.0 Å². The molecular formula is C16H22N2O2. The van der Waals surface area contributed by atoms with Gasteiger partial charge >= 0.3 is 0 Å². The lowest BCUT2D eigenvalue weighted by molar-refractivity contribution is -0.127. The number of nitrogens with one attached hydrogen (secondary N) is 1. The predicted molar refractivity (Wildman–Crippen MR) is 79.6 cm³/mol. The Kier molecular flexibility index (Phi) is 4.79. The molecule has 1 aromatic rings. The third kappa shape index (κ3) is 3.39. The molecule has 1 aliphatic rings. The summed E-state index contributed by atoms with van der Waals surface area (Å²) in [4.78, 5) is 11.8. The summed E-state index contributed by atoms with van der Waals surface area (Å²) >= 11 is 0. The monoisotopic (exact) mass is 274 g/mol. The van der Waals surface area contributed by atoms with Gasteiger partial charge in [0.1, 0.15) is 5.75 Å². The SMILES string of the molecule is C=CCNC(=O)C(C)Oc1ccc2c(c1)[C@@H](N)CCC2. The van der Waals surface area contributed by atoms with Crippen LogP contribution in [0.1, 0.15) is 36.9 Å². The van der Waals surface area contributed by atoms with Crippen LogP contribution in [0.3, 0.4) is 0 Å². The van der Waals surface area contributed by atoms with E-state index in [4.69, 9.17) is 10.5 Å². The number of ether oxygens (including phenoxy) is 1. The van der Waals surface area contributed by atoms with E-state index < -0.39 is 6.10 Å². The first kappa shape index (κ1) is 14.6. The first-order valence-electron chi connectivity index (χ1n) is 7.05. The van der Waals surface area contributed by atoms with E-state index in [1.54, 1.807) is 13.0 Å². The van der Waals surface area contributed by atoms with Gasteiger partial charge in [-0.05, 0) is 49.4 Å². The van der Waals surface area contributed by atoms with E-state index in [9.17, 15) is 4.79 Å². The molecule has 0 saturated heterocycles. The molecule has 2 rings (SSSR count). The molecule has 1 amide bonds. The molecule has 3 N–H and O–H groups in total. The maximum atomic E-state index is 11.8. The van der Waals surface area contributed by atoms with Crippen LogP contribution in [-0.4, -0.2) is 18.6 Å². The molecule has 2 atom stereocenters. The summed E-state index contributed by atoms with van der Waals surface area (Å²) < 4.78 is 5.69. The second-order valence-electron chi connectivity index (χ2n) is 5.15. The molecule has 108 valence electrons. The van der Waals surface area contributed by atoms with Gasteiger partial charge in [0.15, 0.2) is 6.10 Å². The number of hydrogen-bond acceptors (Lipinski definition) is 3. The minimum absolute atomic E-state index is 0.0761. The van der Waals surface area contributed by atoms with Crippen molar-refractivity contribution < 1.29 is 9.53 Å². The van der Waals surface area contributed by atoms with Crippen molar-refractivity contribution in [3.63, 3.8) is 0 Å². The van der Waals surface area contributed by atoms with Crippen molar-refractivity contribution in [2.24, 2.45) is 5.73 Å². The van der Waals surface area contributed by atoms with Gasteiger partial charge in [-0.25, -0.2) is 0 Å². The first-order chi connectivity index (χ1) is 9.61. The van der Waals surface area contributed by atoms with Crippen LogP contribution in [0, 0.1) is 0 Å². The Bertz CT molecular complexity index is 499. The van der Waals surface area contributed by atoms with Crippen LogP contribution in [0.5, 0.6) is 5.75 Å². The van der Waals surface area contributed by atoms with E-state index >= 15 is 0 Å². The smallest absolute Gasteiger partial charge is 0.261 e. The Hall–Kier alpha value is -1.81. The van der Waals surface area contributed by atoms with E-state index in [-0.39, 0.29) is 11.9 Å². The molecule has 1 unspecified atom stereocenters. The standard InChI is InChI=1S/C16H22N2O2/c1-3-9-18-16(19)11(2)20-13-8-7-12-5-4-6-15(17)14(12)10-13/h3,7-8,10-11,15H,1,4-6,9,17H2,2H3,(H,18,19)/t11?,15-/m0/s1. The lowest BCUT2D eigenvalue weighted by Gasteiger charge is -2.23. The highest BCUT2D eigenvalue weighted by atomic mass is 16.5. The Morgan fingerprint density at radius 3 is 3.20 bits per heavy atom. The number of nitrogens with two attached hydrogens (primary N) is 1. The van der Waals surface area contributed by atoms with Gasteiger partial charge in [-0.2, -0.15) is 0 Å². The average Bonchev–Trinajstić information content (AvgIpc) is 2.45. The fourth-order valence-corrected chi connectivity index (χ4v) is 2.46. The van der Waals surface area contributed by atoms with Crippen molar-refractivity contribution in [1.82, 2.24) is 5.32 Å². The number of carbonyl (C=O) groups excluding carboxylic acids is 1. The maximum Gasteiger partial charge on any atom is 0.261 e. The molecule has 0 aromatic heterocycles. The second-order valence-corrected chi connectivity index (χ2v) is 5.15. The van der Waals surface area contributed by atoms with Crippen LogP contribution in [0.25, 0.3) is 0 Å². The number of fused-ring (bicyclic) bond motifs is 1. The van der Waals surface area contributed by atoms with Gasteiger partial charge in [-0.3, -0.25) is 4.79 Å². The zero-order valence-corrected chi connectivity index (χ0v) is 11.9. The fourth-order valence-electron chi connectivity index (χ4n) is 2.46. The van der Waals surface area contributed by atoms with Gasteiger partial charge in [0.2, 0.25) is 0 Å². The van der Waals surface area contributed by atoms with E-state index in [0.717, 1.165) is 24.8 Å². The summed E-state index contributed by atoms with van der Waals surface area (Å²) in [6.07, 6.45) is 4.31. The summed E-state index contributed by atoms with van der Waals surface area (Å²) in [7, 11) is 0. The van der Waals surface area contributed by atoms with Crippen molar-refractivity contribution in [3.8, 4) is 5.75 Å². The summed E-state index contributed by atoms with van der Waals surface area (Å²) in [6.45, 7) is 5.74. The third-order valence-electron chi connectivity index (χ3n) is 3.58. The van der Waals surface area contributed by atoms with E-state index in [1.807, 2.05) is 12.1 Å². The van der Waals surface area contributed by atoms with Crippen LogP contribution in [0.4, 0.5) is 0 Å². The average molecular weight is 274 g/mol. The minimum atomic E-state index is -0.534. The predicted octanol–water partition coefficient (Wildman–Crippen LogP) is 2.09. The Morgan fingerprint density at radius 1 is 1.65 bits per heavy atom. The summed E-state index contributed by atoms with van der Waals surface area (Å²) in [5.41, 5.74) is 8.56. The molecule has 4 nitrogen and oxygen atoms in total. The molecule has 0 bridgehead atoms. The third-order valence-corrected chi connectivity index (χ3v) is 3.58. The van der Waals surface area contributed by atoms with Crippen LogP contribution in [0.2, 0.25) is 0 Å². The van der Waals surface area contributed by atoms with Gasteiger partial charge in [0.25, 0.3) is 5.91 Å². The molecule has 0 aliphatic heterocycles. The van der Waals surface area contributed by atoms with Crippen molar-refractivity contribution in [2.75, 3.05) is 6.54 Å². The lowest BCUT2D eigenvalue weighted by atomic mass is 9.88. The van der Waals surface area contributed by atoms with Gasteiger partial charge < -0.3 is 15.8 Å². The second kappa shape index (κ2) is 6.57. The highest BCUT2D eigenvalue weighted by Gasteiger charge is 2.19. The highest BCUT2D eigenvalue weighted by molar-refractivity contribution is 5.80. The Balaban J connectivity index is 2.04. The van der Waals surface area contributed by atoms with Gasteiger partial charge in [-0.15, -0.1) is 6.58 Å². The first-order valence-corrected chi connectivity index (χ1v) is 7.05. The van der Waals surface area contributed by atoms with Gasteiger partial charge in [-0.1, -0.05) is 12.1 Å². The number of carbonyl (C=O) groups is 1.